The molecular formula is C9H14O2. The quantitative estimate of drug-likeness (QED) is 0.566. The van der Waals surface area contributed by atoms with Crippen molar-refractivity contribution in [1.29, 1.82) is 0 Å². The van der Waals surface area contributed by atoms with Gasteiger partial charge in [-0.25, -0.2) is 0 Å². The lowest BCUT2D eigenvalue weighted by Crippen LogP contribution is -2.25. The lowest BCUT2D eigenvalue weighted by Gasteiger charge is -2.25. The first kappa shape index (κ1) is 7.14. The van der Waals surface area contributed by atoms with Crippen LogP contribution in [0.3, 0.4) is 0 Å². The van der Waals surface area contributed by atoms with Crippen molar-refractivity contribution in [2.45, 2.75) is 38.7 Å². The molecule has 0 aromatic rings. The summed E-state index contributed by atoms with van der Waals surface area (Å²) >= 11 is 0. The van der Waals surface area contributed by atoms with Gasteiger partial charge in [-0.3, -0.25) is 4.79 Å². The van der Waals surface area contributed by atoms with E-state index in [1.165, 1.54) is 6.42 Å². The Bertz CT molecular complexity index is 172. The Kier molecular flexibility index (Phi) is 1.63. The Morgan fingerprint density at radius 1 is 1.45 bits per heavy atom. The SMILES string of the molecule is CC1CC1C(=O)OC1CCC1. The van der Waals surface area contributed by atoms with Crippen LogP contribution in [0.5, 0.6) is 0 Å². The smallest absolute Gasteiger partial charge is 0.309 e. The van der Waals surface area contributed by atoms with Gasteiger partial charge in [0.1, 0.15) is 6.10 Å². The van der Waals surface area contributed by atoms with Gasteiger partial charge < -0.3 is 4.74 Å². The molecule has 2 atom stereocenters. The molecular weight excluding hydrogens is 140 g/mol. The summed E-state index contributed by atoms with van der Waals surface area (Å²) in [5, 5.41) is 0. The van der Waals surface area contributed by atoms with Crippen molar-refractivity contribution >= 4 is 5.97 Å². The fraction of sp³-hybridized carbons (Fsp3) is 0.889. The summed E-state index contributed by atoms with van der Waals surface area (Å²) in [5.74, 6) is 0.889. The van der Waals surface area contributed by atoms with E-state index in [1.54, 1.807) is 0 Å². The van der Waals surface area contributed by atoms with E-state index in [9.17, 15) is 4.79 Å². The van der Waals surface area contributed by atoms with Gasteiger partial charge in [-0.1, -0.05) is 6.92 Å². The molecule has 0 saturated heterocycles. The Morgan fingerprint density at radius 3 is 2.45 bits per heavy atom. The van der Waals surface area contributed by atoms with Crippen LogP contribution < -0.4 is 0 Å². The van der Waals surface area contributed by atoms with Crippen molar-refractivity contribution in [3.05, 3.63) is 0 Å². The summed E-state index contributed by atoms with van der Waals surface area (Å²) < 4.78 is 5.24. The third kappa shape index (κ3) is 1.39. The average molecular weight is 154 g/mol. The van der Waals surface area contributed by atoms with Crippen molar-refractivity contribution in [1.82, 2.24) is 0 Å². The van der Waals surface area contributed by atoms with Gasteiger partial charge >= 0.3 is 5.97 Å². The van der Waals surface area contributed by atoms with Gasteiger partial charge in [-0.2, -0.15) is 0 Å². The number of rotatable bonds is 2. The molecule has 0 radical (unpaired) electrons. The second kappa shape index (κ2) is 2.50. The molecule has 2 heteroatoms. The fourth-order valence-electron chi connectivity index (χ4n) is 1.39. The predicted molar refractivity (Wildman–Crippen MR) is 41.0 cm³/mol. The Hall–Kier alpha value is -0.530. The van der Waals surface area contributed by atoms with E-state index in [0.29, 0.717) is 5.92 Å². The maximum Gasteiger partial charge on any atom is 0.309 e. The predicted octanol–water partition coefficient (Wildman–Crippen LogP) is 1.74. The minimum absolute atomic E-state index is 0.0576. The molecule has 2 fully saturated rings. The highest BCUT2D eigenvalue weighted by molar-refractivity contribution is 5.75. The fourth-order valence-corrected chi connectivity index (χ4v) is 1.39. The summed E-state index contributed by atoms with van der Waals surface area (Å²) in [6.07, 6.45) is 4.74. The van der Waals surface area contributed by atoms with E-state index >= 15 is 0 Å². The van der Waals surface area contributed by atoms with Crippen molar-refractivity contribution in [3.63, 3.8) is 0 Å². The molecule has 0 spiro atoms. The summed E-state index contributed by atoms with van der Waals surface area (Å²) in [6.45, 7) is 2.10. The molecule has 0 amide bonds. The van der Waals surface area contributed by atoms with Gasteiger partial charge in [0.05, 0.1) is 5.92 Å². The molecule has 2 aliphatic rings. The number of carbonyl (C=O) groups excluding carboxylic acids is 1. The Labute approximate surface area is 66.9 Å². The number of hydrogen-bond donors (Lipinski definition) is 0. The minimum atomic E-state index is 0.0576. The van der Waals surface area contributed by atoms with Crippen LogP contribution in [0.15, 0.2) is 0 Å². The van der Waals surface area contributed by atoms with Crippen LogP contribution in [-0.2, 0) is 9.53 Å². The van der Waals surface area contributed by atoms with Crippen LogP contribution in [0.25, 0.3) is 0 Å². The largest absolute Gasteiger partial charge is 0.462 e. The maximum absolute atomic E-state index is 11.2. The zero-order valence-corrected chi connectivity index (χ0v) is 6.88. The number of carbonyl (C=O) groups is 1. The van der Waals surface area contributed by atoms with Crippen molar-refractivity contribution in [2.24, 2.45) is 11.8 Å². The highest BCUT2D eigenvalue weighted by Gasteiger charge is 2.41. The molecule has 0 N–H and O–H groups in total. The zero-order valence-electron chi connectivity index (χ0n) is 6.88. The van der Waals surface area contributed by atoms with Gasteiger partial charge in [0.2, 0.25) is 0 Å². The molecule has 0 aromatic heterocycles. The third-order valence-electron chi connectivity index (χ3n) is 2.75. The molecule has 0 aromatic carbocycles. The molecule has 2 saturated carbocycles. The molecule has 0 bridgehead atoms. The van der Waals surface area contributed by atoms with Gasteiger partial charge in [0, 0.05) is 0 Å². The van der Waals surface area contributed by atoms with Gasteiger partial charge in [0.25, 0.3) is 0 Å². The average Bonchev–Trinajstić information content (AvgIpc) is 2.57. The first-order chi connectivity index (χ1) is 5.27. The second-order valence-electron chi connectivity index (χ2n) is 3.81. The van der Waals surface area contributed by atoms with Crippen molar-refractivity contribution in [2.75, 3.05) is 0 Å². The Morgan fingerprint density at radius 2 is 2.09 bits per heavy atom. The second-order valence-corrected chi connectivity index (χ2v) is 3.81. The summed E-state index contributed by atoms with van der Waals surface area (Å²) in [5.41, 5.74) is 0. The van der Waals surface area contributed by atoms with Crippen LogP contribution in [0.4, 0.5) is 0 Å². The molecule has 11 heavy (non-hydrogen) atoms. The molecule has 0 aliphatic heterocycles. The molecule has 0 heterocycles. The standard InChI is InChI=1S/C9H14O2/c1-6-5-8(6)9(10)11-7-3-2-4-7/h6-8H,2-5H2,1H3. The number of hydrogen-bond acceptors (Lipinski definition) is 2. The summed E-state index contributed by atoms with van der Waals surface area (Å²) in [4.78, 5) is 11.2. The van der Waals surface area contributed by atoms with E-state index < -0.39 is 0 Å². The summed E-state index contributed by atoms with van der Waals surface area (Å²) in [6, 6.07) is 0. The normalized spacial score (nSPS) is 36.1. The van der Waals surface area contributed by atoms with Crippen LogP contribution in [0.2, 0.25) is 0 Å². The van der Waals surface area contributed by atoms with E-state index in [2.05, 4.69) is 6.92 Å². The van der Waals surface area contributed by atoms with Crippen LogP contribution in [0.1, 0.15) is 32.6 Å². The molecule has 2 aliphatic carbocycles. The maximum atomic E-state index is 11.2. The van der Waals surface area contributed by atoms with E-state index in [0.717, 1.165) is 19.3 Å². The monoisotopic (exact) mass is 154 g/mol. The first-order valence-electron chi connectivity index (χ1n) is 4.48. The lowest BCUT2D eigenvalue weighted by atomic mass is 9.96. The topological polar surface area (TPSA) is 26.3 Å². The molecule has 2 rings (SSSR count). The van der Waals surface area contributed by atoms with Crippen LogP contribution in [0, 0.1) is 11.8 Å². The molecule has 62 valence electrons. The Balaban J connectivity index is 1.73. The van der Waals surface area contributed by atoms with Crippen molar-refractivity contribution < 1.29 is 9.53 Å². The van der Waals surface area contributed by atoms with Crippen molar-refractivity contribution in [3.8, 4) is 0 Å². The third-order valence-corrected chi connectivity index (χ3v) is 2.75. The van der Waals surface area contributed by atoms with E-state index in [1.807, 2.05) is 0 Å². The lowest BCUT2D eigenvalue weighted by molar-refractivity contribution is -0.154. The highest BCUT2D eigenvalue weighted by Crippen LogP contribution is 2.39. The van der Waals surface area contributed by atoms with E-state index in [-0.39, 0.29) is 18.0 Å². The van der Waals surface area contributed by atoms with Crippen LogP contribution in [-0.4, -0.2) is 12.1 Å². The molecule has 2 unspecified atom stereocenters. The number of esters is 1. The number of ether oxygens (including phenoxy) is 1. The van der Waals surface area contributed by atoms with E-state index in [4.69, 9.17) is 4.74 Å². The van der Waals surface area contributed by atoms with Gasteiger partial charge in [-0.15, -0.1) is 0 Å². The molecule has 2 nitrogen and oxygen atoms in total. The zero-order chi connectivity index (χ0) is 7.84. The van der Waals surface area contributed by atoms with Crippen LogP contribution >= 0.6 is 0 Å². The summed E-state index contributed by atoms with van der Waals surface area (Å²) in [7, 11) is 0. The highest BCUT2D eigenvalue weighted by atomic mass is 16.5. The first-order valence-corrected chi connectivity index (χ1v) is 4.48. The van der Waals surface area contributed by atoms with Gasteiger partial charge in [0.15, 0.2) is 0 Å². The van der Waals surface area contributed by atoms with Gasteiger partial charge in [-0.05, 0) is 31.6 Å². The minimum Gasteiger partial charge on any atom is -0.462 e.